The van der Waals surface area contributed by atoms with Gasteiger partial charge in [0.05, 0.1) is 15.6 Å². The van der Waals surface area contributed by atoms with Gasteiger partial charge in [-0.2, -0.15) is 0 Å². The van der Waals surface area contributed by atoms with Gasteiger partial charge in [-0.3, -0.25) is 0 Å². The average molecular weight is 329 g/mol. The first-order valence-corrected chi connectivity index (χ1v) is 7.55. The zero-order valence-electron chi connectivity index (χ0n) is 10.3. The van der Waals surface area contributed by atoms with Crippen LogP contribution >= 0.6 is 27.5 Å². The maximum Gasteiger partial charge on any atom is 0.143 e. The molecule has 3 nitrogen and oxygen atoms in total. The highest BCUT2D eigenvalue weighted by atomic mass is 79.9. The van der Waals surface area contributed by atoms with Gasteiger partial charge in [-0.05, 0) is 35.7 Å². The molecule has 2 aromatic rings. The van der Waals surface area contributed by atoms with E-state index in [2.05, 4.69) is 30.9 Å². The molecule has 5 heteroatoms. The Balaban J connectivity index is 2.19. The van der Waals surface area contributed by atoms with Crippen molar-refractivity contribution in [2.24, 2.45) is 0 Å². The minimum absolute atomic E-state index is 0.547. The number of nitrogens with zero attached hydrogens (tertiary/aromatic N) is 2. The predicted octanol–water partition coefficient (Wildman–Crippen LogP) is 4.73. The number of nitrogens with one attached hydrogen (secondary N) is 1. The third-order valence-corrected chi connectivity index (χ3v) is 4.99. The molecule has 0 unspecified atom stereocenters. The number of aromatic amines is 1. The van der Waals surface area contributed by atoms with Gasteiger partial charge in [-0.15, -0.1) is 0 Å². The third-order valence-electron chi connectivity index (χ3n) is 3.68. The molecule has 2 heterocycles. The number of H-pyrrole nitrogens is 1. The Labute approximate surface area is 119 Å². The minimum Gasteiger partial charge on any atom is -0.329 e. The minimum atomic E-state index is 0.547. The van der Waals surface area contributed by atoms with E-state index in [0.29, 0.717) is 11.1 Å². The number of halogens is 2. The second-order valence-corrected chi connectivity index (χ2v) is 6.14. The van der Waals surface area contributed by atoms with Crippen LogP contribution in [0.3, 0.4) is 0 Å². The van der Waals surface area contributed by atoms with Crippen LogP contribution in [0.15, 0.2) is 4.47 Å². The monoisotopic (exact) mass is 327 g/mol. The van der Waals surface area contributed by atoms with E-state index in [9.17, 15) is 0 Å². The first-order chi connectivity index (χ1) is 8.66. The summed E-state index contributed by atoms with van der Waals surface area (Å²) in [5.74, 6) is 1.36. The van der Waals surface area contributed by atoms with Gasteiger partial charge in [0.25, 0.3) is 0 Å². The Kier molecular flexibility index (Phi) is 3.32. The number of hydrogen-bond acceptors (Lipinski definition) is 2. The van der Waals surface area contributed by atoms with Crippen LogP contribution < -0.4 is 0 Å². The molecule has 2 aromatic heterocycles. The lowest BCUT2D eigenvalue weighted by atomic mass is 9.86. The zero-order valence-corrected chi connectivity index (χ0v) is 12.6. The molecule has 1 N–H and O–H groups in total. The molecule has 1 aliphatic rings. The topological polar surface area (TPSA) is 41.6 Å². The molecular formula is C13H15BrClN3. The summed E-state index contributed by atoms with van der Waals surface area (Å²) in [5.41, 5.74) is 2.01. The second kappa shape index (κ2) is 4.82. The molecular weight excluding hydrogens is 314 g/mol. The SMILES string of the molecule is Cc1nc(C2CCCCC2)c2c(Br)c(Cl)[nH]c2n1. The summed E-state index contributed by atoms with van der Waals surface area (Å²) < 4.78 is 0.903. The van der Waals surface area contributed by atoms with Gasteiger partial charge in [0.2, 0.25) is 0 Å². The summed E-state index contributed by atoms with van der Waals surface area (Å²) in [6, 6.07) is 0. The fraction of sp³-hybridized carbons (Fsp3) is 0.538. The molecule has 0 bridgehead atoms. The molecule has 96 valence electrons. The van der Waals surface area contributed by atoms with Crippen LogP contribution in [-0.4, -0.2) is 15.0 Å². The van der Waals surface area contributed by atoms with Crippen molar-refractivity contribution in [1.29, 1.82) is 0 Å². The maximum atomic E-state index is 6.15. The molecule has 1 fully saturated rings. The summed E-state index contributed by atoms with van der Waals surface area (Å²) in [7, 11) is 0. The number of aromatic nitrogens is 3. The van der Waals surface area contributed by atoms with Gasteiger partial charge in [0.15, 0.2) is 0 Å². The van der Waals surface area contributed by atoms with E-state index < -0.39 is 0 Å². The van der Waals surface area contributed by atoms with E-state index in [4.69, 9.17) is 11.6 Å². The van der Waals surface area contributed by atoms with Crippen molar-refractivity contribution in [2.45, 2.75) is 44.9 Å². The van der Waals surface area contributed by atoms with Crippen molar-refractivity contribution in [3.8, 4) is 0 Å². The van der Waals surface area contributed by atoms with Gasteiger partial charge >= 0.3 is 0 Å². The molecule has 0 spiro atoms. The molecule has 0 amide bonds. The first-order valence-electron chi connectivity index (χ1n) is 6.38. The Bertz CT molecular complexity index is 587. The Morgan fingerprint density at radius 1 is 1.22 bits per heavy atom. The smallest absolute Gasteiger partial charge is 0.143 e. The highest BCUT2D eigenvalue weighted by Crippen LogP contribution is 2.39. The largest absolute Gasteiger partial charge is 0.329 e. The average Bonchev–Trinajstić information content (AvgIpc) is 2.65. The number of fused-ring (bicyclic) bond motifs is 1. The molecule has 1 aliphatic carbocycles. The Hall–Kier alpha value is -0.610. The normalized spacial score (nSPS) is 17.5. The van der Waals surface area contributed by atoms with E-state index in [1.165, 1.54) is 32.1 Å². The number of hydrogen-bond donors (Lipinski definition) is 1. The van der Waals surface area contributed by atoms with Crippen LogP contribution in [0.4, 0.5) is 0 Å². The van der Waals surface area contributed by atoms with Gasteiger partial charge in [0.1, 0.15) is 16.6 Å². The zero-order chi connectivity index (χ0) is 12.7. The van der Waals surface area contributed by atoms with E-state index in [1.807, 2.05) is 6.92 Å². The fourth-order valence-electron chi connectivity index (χ4n) is 2.84. The fourth-order valence-corrected chi connectivity index (χ4v) is 3.52. The van der Waals surface area contributed by atoms with Gasteiger partial charge in [-0.25, -0.2) is 9.97 Å². The standard InChI is InChI=1S/C13H15BrClN3/c1-7-16-11(8-5-3-2-4-6-8)9-10(14)12(15)18-13(9)17-7/h8H,2-6H2,1H3,(H,16,17,18). The van der Waals surface area contributed by atoms with Crippen molar-refractivity contribution >= 4 is 38.6 Å². The van der Waals surface area contributed by atoms with Crippen LogP contribution in [0.5, 0.6) is 0 Å². The van der Waals surface area contributed by atoms with Crippen LogP contribution in [0.1, 0.15) is 49.5 Å². The quantitative estimate of drug-likeness (QED) is 0.822. The highest BCUT2D eigenvalue weighted by Gasteiger charge is 2.23. The van der Waals surface area contributed by atoms with Gasteiger partial charge in [-0.1, -0.05) is 30.9 Å². The van der Waals surface area contributed by atoms with Crippen LogP contribution in [0, 0.1) is 6.92 Å². The van der Waals surface area contributed by atoms with Crippen molar-refractivity contribution in [1.82, 2.24) is 15.0 Å². The summed E-state index contributed by atoms with van der Waals surface area (Å²) >= 11 is 9.69. The van der Waals surface area contributed by atoms with Crippen LogP contribution in [-0.2, 0) is 0 Å². The third kappa shape index (κ3) is 2.05. The molecule has 0 atom stereocenters. The highest BCUT2D eigenvalue weighted by molar-refractivity contribution is 9.10. The molecule has 0 aliphatic heterocycles. The van der Waals surface area contributed by atoms with E-state index >= 15 is 0 Å². The van der Waals surface area contributed by atoms with Crippen molar-refractivity contribution in [2.75, 3.05) is 0 Å². The summed E-state index contributed by atoms with van der Waals surface area (Å²) in [5, 5.41) is 1.68. The van der Waals surface area contributed by atoms with Crippen molar-refractivity contribution < 1.29 is 0 Å². The number of aryl methyl sites for hydroxylation is 1. The van der Waals surface area contributed by atoms with Gasteiger partial charge < -0.3 is 4.98 Å². The van der Waals surface area contributed by atoms with E-state index in [1.54, 1.807) is 0 Å². The second-order valence-electron chi connectivity index (χ2n) is 4.97. The lowest BCUT2D eigenvalue weighted by molar-refractivity contribution is 0.438. The van der Waals surface area contributed by atoms with Crippen LogP contribution in [0.25, 0.3) is 11.0 Å². The summed E-state index contributed by atoms with van der Waals surface area (Å²) in [4.78, 5) is 12.2. The lowest BCUT2D eigenvalue weighted by Crippen LogP contribution is -2.08. The molecule has 0 aromatic carbocycles. The van der Waals surface area contributed by atoms with Crippen molar-refractivity contribution in [3.63, 3.8) is 0 Å². The summed E-state index contributed by atoms with van der Waals surface area (Å²) in [6.45, 7) is 1.94. The molecule has 18 heavy (non-hydrogen) atoms. The van der Waals surface area contributed by atoms with E-state index in [0.717, 1.165) is 27.0 Å². The molecule has 0 saturated heterocycles. The molecule has 1 saturated carbocycles. The Morgan fingerprint density at radius 2 is 1.94 bits per heavy atom. The lowest BCUT2D eigenvalue weighted by Gasteiger charge is -2.21. The molecule has 3 rings (SSSR count). The maximum absolute atomic E-state index is 6.15. The molecule has 0 radical (unpaired) electrons. The van der Waals surface area contributed by atoms with Crippen LogP contribution in [0.2, 0.25) is 5.15 Å². The first kappa shape index (κ1) is 12.4. The summed E-state index contributed by atoms with van der Waals surface area (Å²) in [6.07, 6.45) is 6.39. The number of rotatable bonds is 1. The van der Waals surface area contributed by atoms with Crippen molar-refractivity contribution in [3.05, 3.63) is 21.1 Å². The van der Waals surface area contributed by atoms with Gasteiger partial charge in [0, 0.05) is 5.92 Å². The Morgan fingerprint density at radius 3 is 2.67 bits per heavy atom. The van der Waals surface area contributed by atoms with E-state index in [-0.39, 0.29) is 0 Å². The predicted molar refractivity (Wildman–Crippen MR) is 77.2 cm³/mol.